The molecule has 1 heterocycles. The number of phenolic OH excluding ortho intramolecular Hbond substituents is 1. The highest BCUT2D eigenvalue weighted by Gasteiger charge is 2.36. The van der Waals surface area contributed by atoms with Gasteiger partial charge in [0.1, 0.15) is 5.75 Å². The molecule has 1 saturated heterocycles. The lowest BCUT2D eigenvalue weighted by Crippen LogP contribution is -2.46. The van der Waals surface area contributed by atoms with Gasteiger partial charge in [0, 0.05) is 12.6 Å². The summed E-state index contributed by atoms with van der Waals surface area (Å²) in [5.74, 6) is 1.12. The molecule has 1 aliphatic heterocycles. The number of aromatic hydroxyl groups is 1. The summed E-state index contributed by atoms with van der Waals surface area (Å²) in [6, 6.07) is 6.72. The Hall–Kier alpha value is -0.550. The summed E-state index contributed by atoms with van der Waals surface area (Å²) in [5, 5.41) is 10.0. The summed E-state index contributed by atoms with van der Waals surface area (Å²) < 4.78 is 2.12. The van der Waals surface area contributed by atoms with E-state index in [0.29, 0.717) is 17.7 Å². The highest BCUT2D eigenvalue weighted by molar-refractivity contribution is 14.1. The molecule has 1 aromatic carbocycles. The zero-order chi connectivity index (χ0) is 13.2. The van der Waals surface area contributed by atoms with Crippen LogP contribution in [0.3, 0.4) is 0 Å². The van der Waals surface area contributed by atoms with Crippen molar-refractivity contribution in [3.8, 4) is 5.75 Å². The third-order valence-electron chi connectivity index (χ3n) is 4.60. The standard InChI is InChI=1S/C16H20INO/c17-9-3-11-18-10-2-5-13-12-4-1-6-16(19)14(12)7-8-15(13)18/h1,3-4,6,9,13,15,19H,2,5,7-8,10-11H2/b9-3+/t13-,15-/m1/s1. The molecule has 1 aliphatic carbocycles. The second-order valence-electron chi connectivity index (χ2n) is 5.56. The number of fused-ring (bicyclic) bond motifs is 3. The molecule has 19 heavy (non-hydrogen) atoms. The Morgan fingerprint density at radius 2 is 2.26 bits per heavy atom. The summed E-state index contributed by atoms with van der Waals surface area (Å²) in [4.78, 5) is 2.62. The van der Waals surface area contributed by atoms with Crippen molar-refractivity contribution in [2.75, 3.05) is 13.1 Å². The minimum atomic E-state index is 0.500. The number of piperidine rings is 1. The molecular formula is C16H20INO. The van der Waals surface area contributed by atoms with Crippen molar-refractivity contribution >= 4 is 22.6 Å². The van der Waals surface area contributed by atoms with Crippen LogP contribution in [0.15, 0.2) is 28.4 Å². The van der Waals surface area contributed by atoms with Gasteiger partial charge < -0.3 is 5.11 Å². The number of benzene rings is 1. The average Bonchev–Trinajstić information content (AvgIpc) is 2.45. The van der Waals surface area contributed by atoms with E-state index in [2.05, 4.69) is 43.7 Å². The molecule has 0 spiro atoms. The van der Waals surface area contributed by atoms with E-state index in [0.717, 1.165) is 13.0 Å². The largest absolute Gasteiger partial charge is 0.508 e. The molecule has 0 bridgehead atoms. The number of likely N-dealkylation sites (tertiary alicyclic amines) is 1. The molecule has 102 valence electrons. The second-order valence-corrected chi connectivity index (χ2v) is 6.28. The molecule has 2 aliphatic rings. The SMILES string of the molecule is Oc1cccc2c1CC[C@@H]1[C@@H]2CCCN1C/C=C/I. The van der Waals surface area contributed by atoms with Gasteiger partial charge in [0.25, 0.3) is 0 Å². The maximum absolute atomic E-state index is 10.0. The highest BCUT2D eigenvalue weighted by Crippen LogP contribution is 2.42. The van der Waals surface area contributed by atoms with Crippen molar-refractivity contribution in [3.63, 3.8) is 0 Å². The van der Waals surface area contributed by atoms with E-state index < -0.39 is 0 Å². The van der Waals surface area contributed by atoms with Crippen LogP contribution < -0.4 is 0 Å². The zero-order valence-corrected chi connectivity index (χ0v) is 13.2. The Kier molecular flexibility index (Phi) is 4.12. The number of hydrogen-bond acceptors (Lipinski definition) is 2. The van der Waals surface area contributed by atoms with Gasteiger partial charge >= 0.3 is 0 Å². The molecule has 2 atom stereocenters. The predicted octanol–water partition coefficient (Wildman–Crippen LogP) is 3.84. The molecule has 2 nitrogen and oxygen atoms in total. The van der Waals surface area contributed by atoms with Gasteiger partial charge in [-0.3, -0.25) is 4.90 Å². The molecule has 1 aromatic rings. The van der Waals surface area contributed by atoms with Crippen molar-refractivity contribution < 1.29 is 5.11 Å². The zero-order valence-electron chi connectivity index (χ0n) is 11.1. The van der Waals surface area contributed by atoms with Crippen LogP contribution in [0.25, 0.3) is 0 Å². The van der Waals surface area contributed by atoms with Gasteiger partial charge in [0.15, 0.2) is 0 Å². The van der Waals surface area contributed by atoms with E-state index in [-0.39, 0.29) is 0 Å². The lowest BCUT2D eigenvalue weighted by atomic mass is 9.74. The summed E-state index contributed by atoms with van der Waals surface area (Å²) in [7, 11) is 0. The monoisotopic (exact) mass is 369 g/mol. The van der Waals surface area contributed by atoms with Gasteiger partial charge in [-0.1, -0.05) is 40.8 Å². The lowest BCUT2D eigenvalue weighted by molar-refractivity contribution is 0.126. The smallest absolute Gasteiger partial charge is 0.119 e. The average molecular weight is 369 g/mol. The van der Waals surface area contributed by atoms with Crippen LogP contribution in [0.5, 0.6) is 5.75 Å². The second kappa shape index (κ2) is 5.83. The van der Waals surface area contributed by atoms with Crippen molar-refractivity contribution in [3.05, 3.63) is 39.5 Å². The van der Waals surface area contributed by atoms with Crippen molar-refractivity contribution in [2.45, 2.75) is 37.6 Å². The fraction of sp³-hybridized carbons (Fsp3) is 0.500. The van der Waals surface area contributed by atoms with Gasteiger partial charge in [-0.2, -0.15) is 0 Å². The molecule has 0 amide bonds. The Bertz CT molecular complexity index is 486. The number of hydrogen-bond donors (Lipinski definition) is 1. The molecule has 1 fully saturated rings. The summed E-state index contributed by atoms with van der Waals surface area (Å²) >= 11 is 2.30. The van der Waals surface area contributed by atoms with Crippen LogP contribution in [-0.4, -0.2) is 29.1 Å². The van der Waals surface area contributed by atoms with Crippen molar-refractivity contribution in [1.29, 1.82) is 0 Å². The van der Waals surface area contributed by atoms with Gasteiger partial charge in [-0.15, -0.1) is 0 Å². The minimum Gasteiger partial charge on any atom is -0.508 e. The number of halogens is 1. The lowest BCUT2D eigenvalue weighted by Gasteiger charge is -2.44. The fourth-order valence-corrected chi connectivity index (χ4v) is 4.01. The molecule has 3 heteroatoms. The van der Waals surface area contributed by atoms with E-state index in [1.165, 1.54) is 36.9 Å². The van der Waals surface area contributed by atoms with Crippen LogP contribution in [0.2, 0.25) is 0 Å². The Labute approximate surface area is 128 Å². The van der Waals surface area contributed by atoms with Crippen LogP contribution in [0, 0.1) is 0 Å². The summed E-state index contributed by atoms with van der Waals surface area (Å²) in [5.41, 5.74) is 2.61. The molecule has 0 saturated carbocycles. The van der Waals surface area contributed by atoms with E-state index in [1.807, 2.05) is 12.1 Å². The molecule has 0 unspecified atom stereocenters. The normalized spacial score (nSPS) is 27.2. The highest BCUT2D eigenvalue weighted by atomic mass is 127. The third kappa shape index (κ3) is 2.55. The first-order valence-corrected chi connectivity index (χ1v) is 8.36. The third-order valence-corrected chi connectivity index (χ3v) is 5.11. The maximum Gasteiger partial charge on any atom is 0.119 e. The van der Waals surface area contributed by atoms with Gasteiger partial charge in [-0.05, 0) is 59.4 Å². The van der Waals surface area contributed by atoms with Gasteiger partial charge in [0.2, 0.25) is 0 Å². The van der Waals surface area contributed by atoms with E-state index >= 15 is 0 Å². The van der Waals surface area contributed by atoms with Crippen molar-refractivity contribution in [2.24, 2.45) is 0 Å². The van der Waals surface area contributed by atoms with Crippen LogP contribution in [-0.2, 0) is 6.42 Å². The van der Waals surface area contributed by atoms with Crippen molar-refractivity contribution in [1.82, 2.24) is 4.90 Å². The summed E-state index contributed by atoms with van der Waals surface area (Å²) in [6.45, 7) is 2.29. The minimum absolute atomic E-state index is 0.500. The topological polar surface area (TPSA) is 23.5 Å². The van der Waals surface area contributed by atoms with Crippen LogP contribution in [0.4, 0.5) is 0 Å². The fourth-order valence-electron chi connectivity index (χ4n) is 3.78. The Morgan fingerprint density at radius 1 is 1.37 bits per heavy atom. The Morgan fingerprint density at radius 3 is 3.11 bits per heavy atom. The maximum atomic E-state index is 10.0. The van der Waals surface area contributed by atoms with Gasteiger partial charge in [0.05, 0.1) is 0 Å². The van der Waals surface area contributed by atoms with Crippen LogP contribution in [0.1, 0.15) is 36.3 Å². The molecule has 1 N–H and O–H groups in total. The number of rotatable bonds is 2. The molecular weight excluding hydrogens is 349 g/mol. The molecule has 0 radical (unpaired) electrons. The first kappa shape index (κ1) is 13.4. The van der Waals surface area contributed by atoms with Gasteiger partial charge in [-0.25, -0.2) is 0 Å². The quantitative estimate of drug-likeness (QED) is 0.801. The molecule has 0 aromatic heterocycles. The van der Waals surface area contributed by atoms with E-state index in [1.54, 1.807) is 0 Å². The molecule has 3 rings (SSSR count). The van der Waals surface area contributed by atoms with E-state index in [9.17, 15) is 5.11 Å². The first-order valence-electron chi connectivity index (χ1n) is 7.11. The Balaban J connectivity index is 1.89. The summed E-state index contributed by atoms with van der Waals surface area (Å²) in [6.07, 6.45) is 7.00. The first-order chi connectivity index (χ1) is 9.31. The van der Waals surface area contributed by atoms with E-state index in [4.69, 9.17) is 0 Å². The number of nitrogens with zero attached hydrogens (tertiary/aromatic N) is 1. The number of phenols is 1. The predicted molar refractivity (Wildman–Crippen MR) is 86.9 cm³/mol. The van der Waals surface area contributed by atoms with Crippen LogP contribution >= 0.6 is 22.6 Å².